The zero-order valence-electron chi connectivity index (χ0n) is 9.52. The van der Waals surface area contributed by atoms with Gasteiger partial charge in [0, 0.05) is 13.2 Å². The molecule has 1 fully saturated rings. The highest BCUT2D eigenvalue weighted by Gasteiger charge is 2.22. The lowest BCUT2D eigenvalue weighted by Crippen LogP contribution is -2.21. The van der Waals surface area contributed by atoms with Crippen molar-refractivity contribution in [1.29, 1.82) is 0 Å². The fourth-order valence-corrected chi connectivity index (χ4v) is 2.52. The lowest BCUT2D eigenvalue weighted by atomic mass is 9.90. The van der Waals surface area contributed by atoms with Gasteiger partial charge in [0.2, 0.25) is 0 Å². The molecule has 0 spiro atoms. The Morgan fingerprint density at radius 1 is 1.33 bits per heavy atom. The minimum Gasteiger partial charge on any atom is -0.322 e. The van der Waals surface area contributed by atoms with E-state index in [9.17, 15) is 0 Å². The number of rotatable bonds is 2. The zero-order valence-corrected chi connectivity index (χ0v) is 9.52. The number of aryl methyl sites for hydroxylation is 1. The van der Waals surface area contributed by atoms with Crippen molar-refractivity contribution in [2.24, 2.45) is 18.7 Å². The van der Waals surface area contributed by atoms with Gasteiger partial charge in [-0.05, 0) is 24.8 Å². The highest BCUT2D eigenvalue weighted by Crippen LogP contribution is 2.31. The normalized spacial score (nSPS) is 21.2. The highest BCUT2D eigenvalue weighted by atomic mass is 15.3. The lowest BCUT2D eigenvalue weighted by Gasteiger charge is -2.20. The molecule has 0 amide bonds. The Morgan fingerprint density at radius 3 is 2.53 bits per heavy atom. The van der Waals surface area contributed by atoms with Gasteiger partial charge in [0.15, 0.2) is 0 Å². The Kier molecular flexibility index (Phi) is 3.41. The van der Waals surface area contributed by atoms with Crippen molar-refractivity contribution in [2.45, 2.75) is 44.6 Å². The van der Waals surface area contributed by atoms with Gasteiger partial charge in [0.25, 0.3) is 0 Å². The summed E-state index contributed by atoms with van der Waals surface area (Å²) in [4.78, 5) is 0. The first-order valence-electron chi connectivity index (χ1n) is 6.02. The van der Waals surface area contributed by atoms with Crippen LogP contribution in [0.5, 0.6) is 0 Å². The van der Waals surface area contributed by atoms with Crippen LogP contribution in [0.25, 0.3) is 0 Å². The average Bonchev–Trinajstić information content (AvgIpc) is 2.53. The van der Waals surface area contributed by atoms with Gasteiger partial charge in [-0.15, -0.1) is 0 Å². The molecule has 84 valence electrons. The maximum Gasteiger partial charge on any atom is 0.0794 e. The third-order valence-corrected chi connectivity index (χ3v) is 3.48. The van der Waals surface area contributed by atoms with E-state index < -0.39 is 0 Å². The number of nitrogens with two attached hydrogens (primary N) is 1. The summed E-state index contributed by atoms with van der Waals surface area (Å²) in [6, 6.07) is 2.19. The Balaban J connectivity index is 2.02. The second-order valence-electron chi connectivity index (χ2n) is 4.69. The van der Waals surface area contributed by atoms with Crippen molar-refractivity contribution in [1.82, 2.24) is 9.78 Å². The van der Waals surface area contributed by atoms with Crippen molar-refractivity contribution in [3.8, 4) is 0 Å². The largest absolute Gasteiger partial charge is 0.322 e. The van der Waals surface area contributed by atoms with E-state index >= 15 is 0 Å². The van der Waals surface area contributed by atoms with Crippen LogP contribution in [0.3, 0.4) is 0 Å². The molecule has 1 unspecified atom stereocenters. The molecule has 1 aromatic heterocycles. The van der Waals surface area contributed by atoms with Gasteiger partial charge in [0.05, 0.1) is 11.7 Å². The van der Waals surface area contributed by atoms with E-state index in [4.69, 9.17) is 5.73 Å². The van der Waals surface area contributed by atoms with Gasteiger partial charge in [-0.1, -0.05) is 25.7 Å². The third kappa shape index (κ3) is 2.59. The fraction of sp³-hybridized carbons (Fsp3) is 0.750. The van der Waals surface area contributed by atoms with E-state index in [1.54, 1.807) is 0 Å². The predicted molar refractivity (Wildman–Crippen MR) is 61.3 cm³/mol. The summed E-state index contributed by atoms with van der Waals surface area (Å²) in [5, 5.41) is 4.41. The summed E-state index contributed by atoms with van der Waals surface area (Å²) in [5.74, 6) is 0.641. The Bertz CT molecular complexity index is 298. The molecule has 0 radical (unpaired) electrons. The molecule has 1 saturated carbocycles. The standard InChI is InChI=1S/C12H21N3/c1-15-9-8-11(14-15)12(13)10-6-4-2-3-5-7-10/h8-10,12H,2-7,13H2,1H3. The van der Waals surface area contributed by atoms with Crippen molar-refractivity contribution in [3.05, 3.63) is 18.0 Å². The van der Waals surface area contributed by atoms with Gasteiger partial charge < -0.3 is 5.73 Å². The zero-order chi connectivity index (χ0) is 10.7. The quantitative estimate of drug-likeness (QED) is 0.757. The number of hydrogen-bond donors (Lipinski definition) is 1. The summed E-state index contributed by atoms with van der Waals surface area (Å²) >= 11 is 0. The van der Waals surface area contributed by atoms with Crippen molar-refractivity contribution in [2.75, 3.05) is 0 Å². The molecule has 0 aliphatic heterocycles. The van der Waals surface area contributed by atoms with Crippen LogP contribution in [0.1, 0.15) is 50.3 Å². The van der Waals surface area contributed by atoms with Gasteiger partial charge in [-0.3, -0.25) is 4.68 Å². The number of aromatic nitrogens is 2. The number of hydrogen-bond acceptors (Lipinski definition) is 2. The minimum absolute atomic E-state index is 0.143. The van der Waals surface area contributed by atoms with Crippen molar-refractivity contribution >= 4 is 0 Å². The van der Waals surface area contributed by atoms with Crippen LogP contribution in [0.15, 0.2) is 12.3 Å². The molecule has 1 atom stereocenters. The molecule has 1 aliphatic rings. The van der Waals surface area contributed by atoms with Crippen LogP contribution in [0, 0.1) is 5.92 Å². The first kappa shape index (κ1) is 10.7. The Morgan fingerprint density at radius 2 is 2.00 bits per heavy atom. The molecule has 3 nitrogen and oxygen atoms in total. The van der Waals surface area contributed by atoms with Gasteiger partial charge >= 0.3 is 0 Å². The topological polar surface area (TPSA) is 43.8 Å². The molecule has 0 aromatic carbocycles. The average molecular weight is 207 g/mol. The van der Waals surface area contributed by atoms with Crippen molar-refractivity contribution < 1.29 is 0 Å². The second-order valence-corrected chi connectivity index (χ2v) is 4.69. The van der Waals surface area contributed by atoms with E-state index in [-0.39, 0.29) is 6.04 Å². The summed E-state index contributed by atoms with van der Waals surface area (Å²) in [6.07, 6.45) is 9.97. The monoisotopic (exact) mass is 207 g/mol. The smallest absolute Gasteiger partial charge is 0.0794 e. The first-order chi connectivity index (χ1) is 7.27. The Hall–Kier alpha value is -0.830. The molecule has 1 heterocycles. The SMILES string of the molecule is Cn1ccc(C(N)C2CCCCCC2)n1. The van der Waals surface area contributed by atoms with Gasteiger partial charge in [-0.2, -0.15) is 5.10 Å². The Labute approximate surface area is 91.7 Å². The van der Waals surface area contributed by atoms with Crippen LogP contribution < -0.4 is 5.73 Å². The van der Waals surface area contributed by atoms with Crippen LogP contribution in [-0.2, 0) is 7.05 Å². The first-order valence-corrected chi connectivity index (χ1v) is 6.02. The summed E-state index contributed by atoms with van der Waals surface area (Å²) in [7, 11) is 1.95. The molecule has 0 bridgehead atoms. The molecule has 0 saturated heterocycles. The van der Waals surface area contributed by atoms with Gasteiger partial charge in [-0.25, -0.2) is 0 Å². The fourth-order valence-electron chi connectivity index (χ4n) is 2.52. The van der Waals surface area contributed by atoms with Crippen molar-refractivity contribution in [3.63, 3.8) is 0 Å². The molecule has 2 N–H and O–H groups in total. The molecule has 1 aromatic rings. The maximum absolute atomic E-state index is 6.28. The van der Waals surface area contributed by atoms with E-state index in [1.807, 2.05) is 17.9 Å². The summed E-state index contributed by atoms with van der Waals surface area (Å²) < 4.78 is 1.84. The van der Waals surface area contributed by atoms with E-state index in [2.05, 4.69) is 11.2 Å². The molecule has 3 heteroatoms. The summed E-state index contributed by atoms with van der Waals surface area (Å²) in [6.45, 7) is 0. The van der Waals surface area contributed by atoms with Crippen LogP contribution in [-0.4, -0.2) is 9.78 Å². The van der Waals surface area contributed by atoms with Gasteiger partial charge in [0.1, 0.15) is 0 Å². The predicted octanol–water partition coefficient (Wildman–Crippen LogP) is 2.39. The van der Waals surface area contributed by atoms with Crippen LogP contribution >= 0.6 is 0 Å². The van der Waals surface area contributed by atoms with E-state index in [0.29, 0.717) is 5.92 Å². The van der Waals surface area contributed by atoms with E-state index in [1.165, 1.54) is 38.5 Å². The summed E-state index contributed by atoms with van der Waals surface area (Å²) in [5.41, 5.74) is 7.34. The van der Waals surface area contributed by atoms with Crippen LogP contribution in [0.4, 0.5) is 0 Å². The maximum atomic E-state index is 6.28. The third-order valence-electron chi connectivity index (χ3n) is 3.48. The molecule has 2 rings (SSSR count). The van der Waals surface area contributed by atoms with Crippen LogP contribution in [0.2, 0.25) is 0 Å². The molecular formula is C12H21N3. The number of nitrogens with zero attached hydrogens (tertiary/aromatic N) is 2. The lowest BCUT2D eigenvalue weighted by molar-refractivity contribution is 0.375. The molecular weight excluding hydrogens is 186 g/mol. The minimum atomic E-state index is 0.143. The van der Waals surface area contributed by atoms with E-state index in [0.717, 1.165) is 5.69 Å². The highest BCUT2D eigenvalue weighted by molar-refractivity contribution is 5.06. The molecule has 15 heavy (non-hydrogen) atoms. The molecule has 1 aliphatic carbocycles. The second kappa shape index (κ2) is 4.79.